The molecule has 0 aliphatic carbocycles. The molecule has 0 fully saturated rings. The molecule has 1 amide bonds. The van der Waals surface area contributed by atoms with Crippen molar-refractivity contribution in [3.63, 3.8) is 0 Å². The molecule has 0 spiro atoms. The Labute approximate surface area is 78.2 Å². The Hall–Kier alpha value is -1.53. The maximum absolute atomic E-state index is 12.0. The van der Waals surface area contributed by atoms with Crippen LogP contribution in [-0.4, -0.2) is 17.9 Å². The fourth-order valence-electron chi connectivity index (χ4n) is 0.980. The van der Waals surface area contributed by atoms with Crippen molar-refractivity contribution in [3.8, 4) is 0 Å². The number of nitrogens with zero attached hydrogens (tertiary/aromatic N) is 1. The maximum atomic E-state index is 12.0. The predicted molar refractivity (Wildman–Crippen MR) is 45.5 cm³/mol. The van der Waals surface area contributed by atoms with Crippen molar-refractivity contribution >= 4 is 12.9 Å². The molecule has 0 saturated carbocycles. The molecule has 1 heterocycles. The van der Waals surface area contributed by atoms with E-state index in [1.54, 1.807) is 0 Å². The molecule has 7 heteroatoms. The number of rotatable bonds is 3. The summed E-state index contributed by atoms with van der Waals surface area (Å²) in [5, 5.41) is 0. The summed E-state index contributed by atoms with van der Waals surface area (Å²) in [5.41, 5.74) is 4.75. The first kappa shape index (κ1) is 10.6. The molecule has 0 aliphatic rings. The van der Waals surface area contributed by atoms with Crippen molar-refractivity contribution in [2.75, 3.05) is 0 Å². The van der Waals surface area contributed by atoms with Gasteiger partial charge in [-0.1, -0.05) is 0 Å². The third-order valence-electron chi connectivity index (χ3n) is 1.54. The van der Waals surface area contributed by atoms with E-state index >= 15 is 0 Å². The smallest absolute Gasteiger partial charge is 0.449 e. The largest absolute Gasteiger partial charge is 0.484 e. The zero-order valence-electron chi connectivity index (χ0n) is 7.08. The number of primary amides is 1. The van der Waals surface area contributed by atoms with Gasteiger partial charge in [-0.2, -0.15) is 0 Å². The van der Waals surface area contributed by atoms with E-state index in [-0.39, 0.29) is 11.3 Å². The molecule has 2 N–H and O–H groups in total. The number of nitrogens with two attached hydrogens (primary N) is 1. The highest BCUT2D eigenvalue weighted by atomic mass is 19.4. The van der Waals surface area contributed by atoms with Crippen LogP contribution in [0, 0.1) is 0 Å². The second-order valence-corrected chi connectivity index (χ2v) is 2.81. The second kappa shape index (κ2) is 3.69. The first-order chi connectivity index (χ1) is 6.38. The van der Waals surface area contributed by atoms with Gasteiger partial charge in [-0.15, -0.1) is 0 Å². The van der Waals surface area contributed by atoms with Crippen LogP contribution in [0.25, 0.3) is 0 Å². The second-order valence-electron chi connectivity index (χ2n) is 2.81. The van der Waals surface area contributed by atoms with E-state index in [1.165, 1.54) is 6.07 Å². The molecule has 76 valence electrons. The Morgan fingerprint density at radius 2 is 2.14 bits per heavy atom. The van der Waals surface area contributed by atoms with Gasteiger partial charge in [0.25, 0.3) is 0 Å². The Morgan fingerprint density at radius 3 is 2.64 bits per heavy atom. The van der Waals surface area contributed by atoms with Crippen LogP contribution in [0.3, 0.4) is 0 Å². The molecule has 0 aliphatic heterocycles. The Morgan fingerprint density at radius 1 is 1.50 bits per heavy atom. The fourth-order valence-corrected chi connectivity index (χ4v) is 0.980. The quantitative estimate of drug-likeness (QED) is 0.748. The van der Waals surface area contributed by atoms with Gasteiger partial charge < -0.3 is 18.7 Å². The molecule has 3 nitrogen and oxygen atoms in total. The van der Waals surface area contributed by atoms with Crippen LogP contribution < -0.4 is 5.73 Å². The van der Waals surface area contributed by atoms with Gasteiger partial charge in [-0.05, 0) is 18.5 Å². The highest BCUT2D eigenvalue weighted by Crippen LogP contribution is 2.15. The molecular weight excluding hydrogens is 196 g/mol. The molecule has 0 atom stereocenters. The molecule has 0 saturated heterocycles. The van der Waals surface area contributed by atoms with Gasteiger partial charge in [-0.3, -0.25) is 9.78 Å². The first-order valence-corrected chi connectivity index (χ1v) is 3.84. The number of halogens is 3. The summed E-state index contributed by atoms with van der Waals surface area (Å²) < 4.78 is 35.9. The predicted octanol–water partition coefficient (Wildman–Crippen LogP) is 1.11. The number of pyridine rings is 1. The molecule has 1 aromatic heterocycles. The number of aromatic nitrogens is 1. The van der Waals surface area contributed by atoms with E-state index in [0.717, 1.165) is 12.3 Å². The van der Waals surface area contributed by atoms with Gasteiger partial charge in [0.05, 0.1) is 0 Å². The monoisotopic (exact) mass is 203 g/mol. The summed E-state index contributed by atoms with van der Waals surface area (Å²) in [7, 11) is 0. The van der Waals surface area contributed by atoms with Crippen molar-refractivity contribution in [3.05, 3.63) is 29.6 Å². The Kier molecular flexibility index (Phi) is 2.78. The van der Waals surface area contributed by atoms with Crippen LogP contribution in [0.5, 0.6) is 0 Å². The van der Waals surface area contributed by atoms with E-state index in [1.807, 2.05) is 0 Å². The number of amides is 1. The lowest BCUT2D eigenvalue weighted by Crippen LogP contribution is -2.21. The topological polar surface area (TPSA) is 56.0 Å². The number of hydrogen-bond acceptors (Lipinski definition) is 2. The van der Waals surface area contributed by atoms with Crippen molar-refractivity contribution in [2.45, 2.75) is 6.32 Å². The van der Waals surface area contributed by atoms with Gasteiger partial charge in [-0.25, -0.2) is 0 Å². The number of hydrogen-bond donors (Lipinski definition) is 1. The lowest BCUT2D eigenvalue weighted by atomic mass is 9.84. The molecular formula is C7H7BF3N2O-. The van der Waals surface area contributed by atoms with E-state index in [9.17, 15) is 17.7 Å². The maximum Gasteiger partial charge on any atom is 0.484 e. The summed E-state index contributed by atoms with van der Waals surface area (Å²) in [4.78, 5) is 14.1. The van der Waals surface area contributed by atoms with E-state index in [4.69, 9.17) is 5.73 Å². The van der Waals surface area contributed by atoms with Crippen molar-refractivity contribution in [1.82, 2.24) is 4.98 Å². The number of carbonyl (C=O) groups is 1. The standard InChI is InChI=1S/C7H7BF3N2O/c9-8(10,11)4-6-3-5(7(12)14)1-2-13-6/h1-3H,4H2,(H2,12,14)/q-1. The van der Waals surface area contributed by atoms with Crippen LogP contribution >= 0.6 is 0 Å². The molecule has 0 bridgehead atoms. The van der Waals surface area contributed by atoms with Gasteiger partial charge in [0.15, 0.2) is 0 Å². The minimum absolute atomic E-state index is 0.0371. The van der Waals surface area contributed by atoms with Crippen LogP contribution in [0.4, 0.5) is 12.9 Å². The molecule has 1 rings (SSSR count). The summed E-state index contributed by atoms with van der Waals surface area (Å²) >= 11 is 0. The van der Waals surface area contributed by atoms with Crippen LogP contribution in [0.15, 0.2) is 18.3 Å². The highest BCUT2D eigenvalue weighted by Gasteiger charge is 2.24. The average molecular weight is 203 g/mol. The zero-order chi connectivity index (χ0) is 10.8. The van der Waals surface area contributed by atoms with Crippen molar-refractivity contribution < 1.29 is 17.7 Å². The van der Waals surface area contributed by atoms with Gasteiger partial charge in [0.1, 0.15) is 0 Å². The molecule has 14 heavy (non-hydrogen) atoms. The van der Waals surface area contributed by atoms with Crippen LogP contribution in [-0.2, 0) is 6.32 Å². The summed E-state index contributed by atoms with van der Waals surface area (Å²) in [6.07, 6.45) is 0.0400. The highest BCUT2D eigenvalue weighted by molar-refractivity contribution is 6.57. The Balaban J connectivity index is 2.89. The number of carbonyl (C=O) groups excluding carboxylic acids is 1. The Bertz CT molecular complexity index is 353. The van der Waals surface area contributed by atoms with E-state index in [2.05, 4.69) is 4.98 Å². The summed E-state index contributed by atoms with van der Waals surface area (Å²) in [6.45, 7) is -4.93. The van der Waals surface area contributed by atoms with Gasteiger partial charge in [0, 0.05) is 17.5 Å². The van der Waals surface area contributed by atoms with E-state index < -0.39 is 19.2 Å². The fraction of sp³-hybridized carbons (Fsp3) is 0.143. The van der Waals surface area contributed by atoms with Gasteiger partial charge >= 0.3 is 6.98 Å². The minimum atomic E-state index is -4.93. The average Bonchev–Trinajstić information content (AvgIpc) is 2.01. The lowest BCUT2D eigenvalue weighted by Gasteiger charge is -2.12. The molecule has 0 radical (unpaired) electrons. The van der Waals surface area contributed by atoms with Crippen LogP contribution in [0.2, 0.25) is 0 Å². The van der Waals surface area contributed by atoms with Crippen molar-refractivity contribution in [1.29, 1.82) is 0 Å². The molecule has 0 aromatic carbocycles. The summed E-state index contributed by atoms with van der Waals surface area (Å²) in [5.74, 6) is -0.761. The normalized spacial score (nSPS) is 11.4. The lowest BCUT2D eigenvalue weighted by molar-refractivity contribution is 0.1000. The molecule has 1 aromatic rings. The molecule has 0 unspecified atom stereocenters. The first-order valence-electron chi connectivity index (χ1n) is 3.84. The zero-order valence-corrected chi connectivity index (χ0v) is 7.08. The van der Waals surface area contributed by atoms with E-state index in [0.29, 0.717) is 0 Å². The summed E-state index contributed by atoms with van der Waals surface area (Å²) in [6, 6.07) is 2.33. The third-order valence-corrected chi connectivity index (χ3v) is 1.54. The SMILES string of the molecule is NC(=O)c1ccnc(C[B-](F)(F)F)c1. The van der Waals surface area contributed by atoms with Crippen LogP contribution in [0.1, 0.15) is 16.1 Å². The van der Waals surface area contributed by atoms with Gasteiger partial charge in [0.2, 0.25) is 5.91 Å². The minimum Gasteiger partial charge on any atom is -0.449 e. The van der Waals surface area contributed by atoms with Crippen molar-refractivity contribution in [2.24, 2.45) is 5.73 Å². The third kappa shape index (κ3) is 3.08.